The quantitative estimate of drug-likeness (QED) is 0.170. The molecule has 10 heavy (non-hydrogen) atoms. The van der Waals surface area contributed by atoms with E-state index in [9.17, 15) is 0 Å². The molecular weight excluding hydrogens is 134 g/mol. The van der Waals surface area contributed by atoms with Gasteiger partial charge in [-0.2, -0.15) is 0 Å². The first-order chi connectivity index (χ1) is 4.77. The highest BCUT2D eigenvalue weighted by Gasteiger charge is 1.87. The molecule has 0 bridgehead atoms. The van der Waals surface area contributed by atoms with Gasteiger partial charge in [0.25, 0.3) is 0 Å². The Hall–Kier alpha value is -0.810. The number of hydrogen-bond donors (Lipinski definition) is 4. The average Bonchev–Trinajstić information content (AvgIpc) is 1.87. The fourth-order valence-electron chi connectivity index (χ4n) is 0.462. The van der Waals surface area contributed by atoms with Crippen molar-refractivity contribution in [3.05, 3.63) is 0 Å². The molecule has 0 fully saturated rings. The zero-order valence-electron chi connectivity index (χ0n) is 5.76. The summed E-state index contributed by atoms with van der Waals surface area (Å²) in [5.41, 5.74) is 4.99. The summed E-state index contributed by atoms with van der Waals surface area (Å²) in [6.45, 7) is 0.839. The van der Waals surface area contributed by atoms with E-state index in [-0.39, 0.29) is 12.8 Å². The molecule has 0 saturated heterocycles. The van der Waals surface area contributed by atoms with Crippen molar-refractivity contribution in [2.45, 2.75) is 6.42 Å². The minimum atomic E-state index is -0.250. The van der Waals surface area contributed by atoms with E-state index < -0.39 is 0 Å². The van der Waals surface area contributed by atoms with Crippen molar-refractivity contribution in [3.8, 4) is 0 Å². The van der Waals surface area contributed by atoms with Crippen LogP contribution in [0.1, 0.15) is 6.42 Å². The lowest BCUT2D eigenvalue weighted by atomic mass is 10.4. The summed E-state index contributed by atoms with van der Waals surface area (Å²) in [6, 6.07) is 0. The van der Waals surface area contributed by atoms with Crippen LogP contribution in [0, 0.1) is 5.41 Å². The van der Waals surface area contributed by atoms with E-state index >= 15 is 0 Å². The van der Waals surface area contributed by atoms with Gasteiger partial charge in [0, 0.05) is 6.54 Å². The third-order valence-corrected chi connectivity index (χ3v) is 0.872. The van der Waals surface area contributed by atoms with Crippen LogP contribution in [-0.4, -0.2) is 31.0 Å². The molecule has 0 aromatic heterocycles. The molecule has 0 aliphatic rings. The number of nitrogens with one attached hydrogen (secondary N) is 2. The summed E-state index contributed by atoms with van der Waals surface area (Å²) >= 11 is 0. The van der Waals surface area contributed by atoms with Gasteiger partial charge in [-0.05, 0) is 6.42 Å². The largest absolute Gasteiger partial charge is 0.371 e. The van der Waals surface area contributed by atoms with Gasteiger partial charge in [-0.15, -0.1) is 0 Å². The summed E-state index contributed by atoms with van der Waals surface area (Å²) in [5, 5.41) is 17.5. The molecule has 0 radical (unpaired) electrons. The third-order valence-electron chi connectivity index (χ3n) is 0.872. The third kappa shape index (κ3) is 7.19. The Labute approximate surface area is 59.7 Å². The summed E-state index contributed by atoms with van der Waals surface area (Å²) in [5.74, 6) is -0.0380. The Morgan fingerprint density at radius 3 is 2.90 bits per heavy atom. The van der Waals surface area contributed by atoms with E-state index in [1.165, 1.54) is 0 Å². The molecule has 0 amide bonds. The summed E-state index contributed by atoms with van der Waals surface area (Å²) in [6.07, 6.45) is 0.736. The lowest BCUT2D eigenvalue weighted by Gasteiger charge is -2.02. The maximum atomic E-state index is 8.17. The number of guanidine groups is 1. The molecule has 0 heterocycles. The van der Waals surface area contributed by atoms with Gasteiger partial charge in [-0.1, -0.05) is 0 Å². The van der Waals surface area contributed by atoms with E-state index in [0.717, 1.165) is 6.42 Å². The van der Waals surface area contributed by atoms with Crippen molar-refractivity contribution in [2.75, 3.05) is 19.9 Å². The summed E-state index contributed by atoms with van der Waals surface area (Å²) < 4.78 is 4.62. The van der Waals surface area contributed by atoms with Crippen LogP contribution >= 0.6 is 0 Å². The highest BCUT2D eigenvalue weighted by atomic mass is 16.6. The Bertz CT molecular complexity index is 96.9. The lowest BCUT2D eigenvalue weighted by Crippen LogP contribution is -2.31. The maximum Gasteiger partial charge on any atom is 0.185 e. The van der Waals surface area contributed by atoms with Crippen LogP contribution in [-0.2, 0) is 4.74 Å². The first-order valence-electron chi connectivity index (χ1n) is 3.04. The van der Waals surface area contributed by atoms with Gasteiger partial charge in [-0.3, -0.25) is 5.41 Å². The van der Waals surface area contributed by atoms with Crippen molar-refractivity contribution in [2.24, 2.45) is 5.73 Å². The van der Waals surface area contributed by atoms with Gasteiger partial charge in [-0.25, -0.2) is 0 Å². The normalized spacial score (nSPS) is 9.30. The Kier molecular flexibility index (Phi) is 5.80. The predicted molar refractivity (Wildman–Crippen MR) is 37.6 cm³/mol. The zero-order valence-corrected chi connectivity index (χ0v) is 5.76. The van der Waals surface area contributed by atoms with Crippen LogP contribution in [0.3, 0.4) is 0 Å². The second kappa shape index (κ2) is 6.31. The second-order valence-electron chi connectivity index (χ2n) is 1.73. The van der Waals surface area contributed by atoms with E-state index in [4.69, 9.17) is 16.2 Å². The fraction of sp³-hybridized carbons (Fsp3) is 0.800. The van der Waals surface area contributed by atoms with Gasteiger partial charge in [0.05, 0.1) is 6.61 Å². The van der Waals surface area contributed by atoms with Crippen molar-refractivity contribution in [3.63, 3.8) is 0 Å². The first-order valence-corrected chi connectivity index (χ1v) is 3.04. The SMILES string of the molecule is N=C(N)NCCCOCO. The standard InChI is InChI=1S/C5H13N3O2/c6-5(7)8-2-1-3-10-4-9/h9H,1-4H2,(H4,6,7,8). The minimum absolute atomic E-state index is 0.0380. The molecule has 60 valence electrons. The van der Waals surface area contributed by atoms with Crippen LogP contribution in [0.2, 0.25) is 0 Å². The van der Waals surface area contributed by atoms with Crippen molar-refractivity contribution in [1.82, 2.24) is 5.32 Å². The maximum absolute atomic E-state index is 8.17. The van der Waals surface area contributed by atoms with Crippen LogP contribution in [0.15, 0.2) is 0 Å². The number of hydrogen-bond acceptors (Lipinski definition) is 3. The van der Waals surface area contributed by atoms with Gasteiger partial charge in [0.1, 0.15) is 6.79 Å². The number of aliphatic hydroxyl groups is 1. The Morgan fingerprint density at radius 2 is 2.40 bits per heavy atom. The number of aliphatic hydroxyl groups excluding tert-OH is 1. The fourth-order valence-corrected chi connectivity index (χ4v) is 0.462. The highest BCUT2D eigenvalue weighted by Crippen LogP contribution is 1.77. The molecule has 0 aromatic rings. The molecule has 0 aromatic carbocycles. The monoisotopic (exact) mass is 147 g/mol. The summed E-state index contributed by atoms with van der Waals surface area (Å²) in [4.78, 5) is 0. The molecule has 0 saturated carbocycles. The molecule has 5 N–H and O–H groups in total. The van der Waals surface area contributed by atoms with Crippen LogP contribution in [0.25, 0.3) is 0 Å². The minimum Gasteiger partial charge on any atom is -0.371 e. The summed E-state index contributed by atoms with van der Waals surface area (Å²) in [7, 11) is 0. The van der Waals surface area contributed by atoms with Crippen LogP contribution < -0.4 is 11.1 Å². The molecule has 5 heteroatoms. The molecule has 0 atom stereocenters. The van der Waals surface area contributed by atoms with Crippen molar-refractivity contribution < 1.29 is 9.84 Å². The first kappa shape index (κ1) is 9.19. The molecular formula is C5H13N3O2. The van der Waals surface area contributed by atoms with E-state index in [2.05, 4.69) is 10.1 Å². The molecule has 0 aliphatic heterocycles. The zero-order chi connectivity index (χ0) is 7.82. The number of ether oxygens (including phenoxy) is 1. The Balaban J connectivity index is 2.84. The molecule has 0 spiro atoms. The average molecular weight is 147 g/mol. The van der Waals surface area contributed by atoms with Gasteiger partial charge < -0.3 is 20.9 Å². The Morgan fingerprint density at radius 1 is 1.70 bits per heavy atom. The number of nitrogens with two attached hydrogens (primary N) is 1. The van der Waals surface area contributed by atoms with Gasteiger partial charge in [0.15, 0.2) is 5.96 Å². The van der Waals surface area contributed by atoms with Gasteiger partial charge in [0.2, 0.25) is 0 Å². The van der Waals surface area contributed by atoms with E-state index in [1.54, 1.807) is 0 Å². The lowest BCUT2D eigenvalue weighted by molar-refractivity contribution is -0.00175. The van der Waals surface area contributed by atoms with E-state index in [1.807, 2.05) is 0 Å². The van der Waals surface area contributed by atoms with Crippen molar-refractivity contribution in [1.29, 1.82) is 5.41 Å². The van der Waals surface area contributed by atoms with Crippen LogP contribution in [0.5, 0.6) is 0 Å². The second-order valence-corrected chi connectivity index (χ2v) is 1.73. The molecule has 0 rings (SSSR count). The van der Waals surface area contributed by atoms with Crippen LogP contribution in [0.4, 0.5) is 0 Å². The molecule has 0 aliphatic carbocycles. The predicted octanol–water partition coefficient (Wildman–Crippen LogP) is -1.17. The molecule has 5 nitrogen and oxygen atoms in total. The number of rotatable bonds is 5. The van der Waals surface area contributed by atoms with Gasteiger partial charge >= 0.3 is 0 Å². The molecule has 0 unspecified atom stereocenters. The highest BCUT2D eigenvalue weighted by molar-refractivity contribution is 5.74. The van der Waals surface area contributed by atoms with E-state index in [0.29, 0.717) is 13.2 Å². The van der Waals surface area contributed by atoms with Crippen molar-refractivity contribution >= 4 is 5.96 Å². The topological polar surface area (TPSA) is 91.4 Å². The smallest absolute Gasteiger partial charge is 0.185 e.